The molecule has 96 valence electrons. The molecule has 0 atom stereocenters. The van der Waals surface area contributed by atoms with E-state index in [9.17, 15) is 8.42 Å². The minimum absolute atomic E-state index is 0.00269. The summed E-state index contributed by atoms with van der Waals surface area (Å²) in [6.45, 7) is 4.35. The van der Waals surface area contributed by atoms with Crippen molar-refractivity contribution in [2.75, 3.05) is 18.9 Å². The van der Waals surface area contributed by atoms with Crippen LogP contribution in [0.15, 0.2) is 0 Å². The Bertz CT molecular complexity index is 315. The number of rotatable bonds is 6. The van der Waals surface area contributed by atoms with Crippen molar-refractivity contribution in [3.05, 3.63) is 0 Å². The first kappa shape index (κ1) is 14.4. The number of nitrogens with zero attached hydrogens (tertiary/aromatic N) is 2. The monoisotopic (exact) mass is 312 g/mol. The van der Waals surface area contributed by atoms with Gasteiger partial charge in [-0.15, -0.1) is 0 Å². The molecule has 0 aromatic rings. The molecule has 0 bridgehead atoms. The maximum atomic E-state index is 12.3. The quantitative estimate of drug-likeness (QED) is 0.702. The van der Waals surface area contributed by atoms with Gasteiger partial charge in [0.25, 0.3) is 10.2 Å². The molecule has 0 aromatic heterocycles. The summed E-state index contributed by atoms with van der Waals surface area (Å²) in [6, 6.07) is 0.214. The molecule has 0 saturated heterocycles. The van der Waals surface area contributed by atoms with Crippen molar-refractivity contribution in [3.8, 4) is 0 Å². The Kier molecular flexibility index (Phi) is 5.22. The van der Waals surface area contributed by atoms with Gasteiger partial charge in [0.15, 0.2) is 0 Å². The average Bonchev–Trinajstić information content (AvgIpc) is 2.13. The Balaban J connectivity index is 2.83. The molecule has 0 aliphatic heterocycles. The molecule has 0 heterocycles. The third-order valence-corrected chi connectivity index (χ3v) is 5.75. The standard InChI is InChI=1S/C10H21BrN2O2S/c1-9(2)12(3)16(14,15)13(8-7-11)10-5-4-6-10/h9-10H,4-8H2,1-3H3. The molecule has 1 saturated carbocycles. The van der Waals surface area contributed by atoms with Crippen LogP contribution in [0.5, 0.6) is 0 Å². The predicted molar refractivity (Wildman–Crippen MR) is 70.0 cm³/mol. The second-order valence-corrected chi connectivity index (χ2v) is 7.24. The van der Waals surface area contributed by atoms with E-state index in [1.54, 1.807) is 11.4 Å². The third-order valence-electron chi connectivity index (χ3n) is 3.17. The second-order valence-electron chi connectivity index (χ2n) is 4.50. The molecule has 1 aliphatic rings. The van der Waals surface area contributed by atoms with Crippen molar-refractivity contribution in [2.45, 2.75) is 45.2 Å². The van der Waals surface area contributed by atoms with Crippen molar-refractivity contribution in [1.82, 2.24) is 8.61 Å². The normalized spacial score (nSPS) is 18.4. The molecule has 1 aliphatic carbocycles. The molecule has 16 heavy (non-hydrogen) atoms. The highest BCUT2D eigenvalue weighted by Gasteiger charge is 2.36. The molecule has 6 heteroatoms. The van der Waals surface area contributed by atoms with Gasteiger partial charge in [-0.3, -0.25) is 0 Å². The molecule has 0 spiro atoms. The molecule has 0 N–H and O–H groups in total. The van der Waals surface area contributed by atoms with Crippen LogP contribution < -0.4 is 0 Å². The minimum atomic E-state index is -3.29. The number of hydrogen-bond acceptors (Lipinski definition) is 2. The summed E-state index contributed by atoms with van der Waals surface area (Å²) in [5.74, 6) is 0. The maximum absolute atomic E-state index is 12.3. The topological polar surface area (TPSA) is 40.6 Å². The van der Waals surface area contributed by atoms with Crippen LogP contribution in [-0.2, 0) is 10.2 Å². The van der Waals surface area contributed by atoms with Gasteiger partial charge in [-0.25, -0.2) is 0 Å². The molecule has 0 radical (unpaired) electrons. The fourth-order valence-electron chi connectivity index (χ4n) is 1.68. The zero-order valence-corrected chi connectivity index (χ0v) is 12.6. The fourth-order valence-corrected chi connectivity index (χ4v) is 4.07. The highest BCUT2D eigenvalue weighted by atomic mass is 79.9. The maximum Gasteiger partial charge on any atom is 0.282 e. The highest BCUT2D eigenvalue weighted by molar-refractivity contribution is 9.09. The fraction of sp³-hybridized carbons (Fsp3) is 1.00. The molecule has 1 rings (SSSR count). The summed E-state index contributed by atoms with van der Waals surface area (Å²) in [6.07, 6.45) is 3.14. The van der Waals surface area contributed by atoms with E-state index >= 15 is 0 Å². The van der Waals surface area contributed by atoms with Crippen LogP contribution in [0.3, 0.4) is 0 Å². The van der Waals surface area contributed by atoms with Crippen molar-refractivity contribution in [2.24, 2.45) is 0 Å². The van der Waals surface area contributed by atoms with E-state index in [2.05, 4.69) is 15.9 Å². The first-order valence-electron chi connectivity index (χ1n) is 5.72. The first-order valence-corrected chi connectivity index (χ1v) is 8.24. The molecular formula is C10H21BrN2O2S. The zero-order chi connectivity index (χ0) is 12.3. The molecule has 0 amide bonds. The van der Waals surface area contributed by atoms with Gasteiger partial charge in [0.05, 0.1) is 0 Å². The van der Waals surface area contributed by atoms with Gasteiger partial charge in [-0.1, -0.05) is 22.4 Å². The zero-order valence-electron chi connectivity index (χ0n) is 10.2. The summed E-state index contributed by atoms with van der Waals surface area (Å²) in [7, 11) is -1.63. The summed E-state index contributed by atoms with van der Waals surface area (Å²) in [5, 5.41) is 0.689. The summed E-state index contributed by atoms with van der Waals surface area (Å²) in [4.78, 5) is 0. The Labute approximate surface area is 107 Å². The van der Waals surface area contributed by atoms with Crippen LogP contribution >= 0.6 is 15.9 Å². The molecule has 0 unspecified atom stereocenters. The van der Waals surface area contributed by atoms with Crippen molar-refractivity contribution in [1.29, 1.82) is 0 Å². The van der Waals surface area contributed by atoms with E-state index in [-0.39, 0.29) is 12.1 Å². The molecule has 1 fully saturated rings. The van der Waals surface area contributed by atoms with Gasteiger partial charge >= 0.3 is 0 Å². The van der Waals surface area contributed by atoms with Crippen molar-refractivity contribution < 1.29 is 8.42 Å². The van der Waals surface area contributed by atoms with Crippen LogP contribution in [0.4, 0.5) is 0 Å². The number of halogens is 1. The Morgan fingerprint density at radius 1 is 1.38 bits per heavy atom. The van der Waals surface area contributed by atoms with Crippen LogP contribution in [0.25, 0.3) is 0 Å². The molecule has 0 aromatic carbocycles. The van der Waals surface area contributed by atoms with Crippen molar-refractivity contribution >= 4 is 26.1 Å². The van der Waals surface area contributed by atoms with Gasteiger partial charge in [0.1, 0.15) is 0 Å². The molecule has 4 nitrogen and oxygen atoms in total. The molecular weight excluding hydrogens is 292 g/mol. The van der Waals surface area contributed by atoms with Gasteiger partial charge in [0.2, 0.25) is 0 Å². The van der Waals surface area contributed by atoms with Crippen LogP contribution in [0.1, 0.15) is 33.1 Å². The lowest BCUT2D eigenvalue weighted by atomic mass is 9.93. The van der Waals surface area contributed by atoms with Crippen molar-refractivity contribution in [3.63, 3.8) is 0 Å². The van der Waals surface area contributed by atoms with E-state index in [4.69, 9.17) is 0 Å². The summed E-state index contributed by atoms with van der Waals surface area (Å²) in [5.41, 5.74) is 0. The minimum Gasteiger partial charge on any atom is -0.195 e. The van der Waals surface area contributed by atoms with Gasteiger partial charge in [-0.2, -0.15) is 17.0 Å². The summed E-state index contributed by atoms with van der Waals surface area (Å²) >= 11 is 3.33. The average molecular weight is 313 g/mol. The predicted octanol–water partition coefficient (Wildman–Crippen LogP) is 1.82. The Morgan fingerprint density at radius 3 is 2.25 bits per heavy atom. The highest BCUT2D eigenvalue weighted by Crippen LogP contribution is 2.28. The number of alkyl halides is 1. The number of hydrogen-bond donors (Lipinski definition) is 0. The van der Waals surface area contributed by atoms with Crippen LogP contribution in [0, 0.1) is 0 Å². The SMILES string of the molecule is CC(C)N(C)S(=O)(=O)N(CCBr)C1CCC1. The largest absolute Gasteiger partial charge is 0.282 e. The van der Waals surface area contributed by atoms with Crippen LogP contribution in [-0.4, -0.2) is 48.0 Å². The second kappa shape index (κ2) is 5.80. The van der Waals surface area contributed by atoms with E-state index in [0.717, 1.165) is 19.3 Å². The van der Waals surface area contributed by atoms with E-state index in [0.29, 0.717) is 11.9 Å². The van der Waals surface area contributed by atoms with E-state index in [1.165, 1.54) is 4.31 Å². The first-order chi connectivity index (χ1) is 7.41. The third kappa shape index (κ3) is 2.97. The van der Waals surface area contributed by atoms with E-state index in [1.807, 2.05) is 13.8 Å². The van der Waals surface area contributed by atoms with Gasteiger partial charge in [-0.05, 0) is 26.7 Å². The Hall–Kier alpha value is 0.350. The lowest BCUT2D eigenvalue weighted by molar-refractivity contribution is 0.211. The van der Waals surface area contributed by atoms with E-state index < -0.39 is 10.2 Å². The Morgan fingerprint density at radius 2 is 1.94 bits per heavy atom. The summed E-state index contributed by atoms with van der Waals surface area (Å²) < 4.78 is 27.8. The smallest absolute Gasteiger partial charge is 0.195 e. The van der Waals surface area contributed by atoms with Gasteiger partial charge in [0, 0.05) is 31.0 Å². The van der Waals surface area contributed by atoms with Gasteiger partial charge < -0.3 is 0 Å². The lowest BCUT2D eigenvalue weighted by Gasteiger charge is -2.39. The van der Waals surface area contributed by atoms with Crippen LogP contribution in [0.2, 0.25) is 0 Å². The lowest BCUT2D eigenvalue weighted by Crippen LogP contribution is -2.52.